The number of hydrogen-bond donors (Lipinski definition) is 0. The van der Waals surface area contributed by atoms with Crippen LogP contribution in [0.5, 0.6) is 0 Å². The second-order valence-electron chi connectivity index (χ2n) is 8.51. The van der Waals surface area contributed by atoms with E-state index in [1.165, 1.54) is 19.5 Å². The van der Waals surface area contributed by atoms with E-state index in [0.29, 0.717) is 5.92 Å². The van der Waals surface area contributed by atoms with Crippen LogP contribution in [0.2, 0.25) is 18.6 Å². The minimum absolute atomic E-state index is 0. The zero-order valence-electron chi connectivity index (χ0n) is 17.3. The number of nitrogens with zero attached hydrogens (tertiary/aromatic N) is 2. The van der Waals surface area contributed by atoms with Gasteiger partial charge in [0.05, 0.1) is 0 Å². The van der Waals surface area contributed by atoms with Gasteiger partial charge in [0, 0.05) is 0 Å². The summed E-state index contributed by atoms with van der Waals surface area (Å²) in [6.07, 6.45) is 8.72. The van der Waals surface area contributed by atoms with Gasteiger partial charge < -0.3 is 17.3 Å². The van der Waals surface area contributed by atoms with Crippen molar-refractivity contribution < 1.29 is 17.0 Å². The van der Waals surface area contributed by atoms with E-state index >= 15 is 0 Å². The molecule has 0 N–H and O–H groups in total. The predicted molar refractivity (Wildman–Crippen MR) is 117 cm³/mol. The van der Waals surface area contributed by atoms with Gasteiger partial charge in [-0.1, -0.05) is 57.7 Å². The normalized spacial score (nSPS) is 31.5. The third-order valence-electron chi connectivity index (χ3n) is 6.52. The van der Waals surface area contributed by atoms with Crippen LogP contribution < -0.4 is 0 Å². The van der Waals surface area contributed by atoms with Crippen LogP contribution >= 0.6 is 18.6 Å². The molecule has 2 fully saturated rings. The van der Waals surface area contributed by atoms with E-state index in [1.54, 1.807) is 5.57 Å². The Balaban J connectivity index is 0.000000791. The molecule has 0 radical (unpaired) electrons. The van der Waals surface area contributed by atoms with E-state index in [4.69, 9.17) is 18.6 Å². The first kappa shape index (κ1) is 24.9. The first-order valence-corrected chi connectivity index (χ1v) is 16.9. The van der Waals surface area contributed by atoms with Crippen LogP contribution in [0, 0.1) is 31.1 Å². The van der Waals surface area contributed by atoms with Crippen LogP contribution in [0.15, 0.2) is 23.8 Å². The van der Waals surface area contributed by atoms with Crippen molar-refractivity contribution in [1.29, 1.82) is 0 Å². The number of rotatable bonds is 3. The molecule has 3 rings (SSSR count). The zero-order chi connectivity index (χ0) is 18.6. The molecule has 6 heteroatoms. The molecule has 26 heavy (non-hydrogen) atoms. The maximum atomic E-state index is 4.89. The average Bonchev–Trinajstić information content (AvgIpc) is 2.92. The topological polar surface area (TPSA) is 17.3 Å². The molecule has 3 aliphatic rings. The molecule has 2 nitrogen and oxygen atoms in total. The van der Waals surface area contributed by atoms with Crippen LogP contribution in [0.3, 0.4) is 0 Å². The quantitative estimate of drug-likeness (QED) is 0.354. The number of allylic oxidation sites excluding steroid dienone is 4. The van der Waals surface area contributed by atoms with Crippen molar-refractivity contribution in [3.8, 4) is 0 Å². The van der Waals surface area contributed by atoms with Crippen LogP contribution in [0.25, 0.3) is 5.32 Å². The van der Waals surface area contributed by atoms with Gasteiger partial charge in [-0.15, -0.1) is 13.1 Å². The molecule has 0 amide bonds. The first-order valence-electron chi connectivity index (χ1n) is 9.57. The number of piperazine rings is 1. The van der Waals surface area contributed by atoms with E-state index in [-0.39, 0.29) is 7.43 Å². The van der Waals surface area contributed by atoms with E-state index < -0.39 is 25.3 Å². The van der Waals surface area contributed by atoms with Gasteiger partial charge in [-0.2, -0.15) is 0 Å². The van der Waals surface area contributed by atoms with Gasteiger partial charge in [0.1, 0.15) is 8.24 Å². The van der Waals surface area contributed by atoms with Gasteiger partial charge in [0.15, 0.2) is 0 Å². The Labute approximate surface area is 179 Å². The zero-order valence-corrected chi connectivity index (χ0v) is 21.4. The van der Waals surface area contributed by atoms with Gasteiger partial charge in [-0.25, -0.2) is 0 Å². The van der Waals surface area contributed by atoms with Gasteiger partial charge in [-0.3, -0.25) is 0 Å². The Morgan fingerprint density at radius 1 is 1.23 bits per heavy atom. The van der Waals surface area contributed by atoms with Crippen molar-refractivity contribution >= 4 is 26.8 Å². The summed E-state index contributed by atoms with van der Waals surface area (Å²) in [6, 6.07) is 0. The third-order valence-corrected chi connectivity index (χ3v) is 11.2. The molecular weight excluding hydrogens is 415 g/mol. The van der Waals surface area contributed by atoms with Crippen LogP contribution in [0.4, 0.5) is 0 Å². The van der Waals surface area contributed by atoms with E-state index in [2.05, 4.69) is 62.0 Å². The van der Waals surface area contributed by atoms with Gasteiger partial charge in [0.25, 0.3) is 0 Å². The fourth-order valence-corrected chi connectivity index (χ4v) is 10.1. The van der Waals surface area contributed by atoms with Crippen LogP contribution in [-0.2, 0) is 17.0 Å². The van der Waals surface area contributed by atoms with Crippen molar-refractivity contribution in [3.63, 3.8) is 0 Å². The monoisotopic (exact) mass is 450 g/mol. The molecule has 0 spiro atoms. The van der Waals surface area contributed by atoms with Gasteiger partial charge >= 0.3 is 35.6 Å². The van der Waals surface area contributed by atoms with Crippen molar-refractivity contribution in [2.24, 2.45) is 23.7 Å². The summed E-state index contributed by atoms with van der Waals surface area (Å²) < 4.78 is 2.85. The molecule has 150 valence electrons. The summed E-state index contributed by atoms with van der Waals surface area (Å²) in [4.78, 5) is 0. The van der Waals surface area contributed by atoms with E-state index in [0.717, 1.165) is 36.4 Å². The second-order valence-corrected chi connectivity index (χ2v) is 15.7. The van der Waals surface area contributed by atoms with Gasteiger partial charge in [-0.05, 0) is 48.7 Å². The van der Waals surface area contributed by atoms with Crippen LogP contribution in [-0.4, -0.2) is 39.0 Å². The number of hydrogen-bond acceptors (Lipinski definition) is 1. The van der Waals surface area contributed by atoms with E-state index in [1.807, 2.05) is 0 Å². The van der Waals surface area contributed by atoms with Crippen LogP contribution in [0.1, 0.15) is 27.2 Å². The summed E-state index contributed by atoms with van der Waals surface area (Å²) in [7, 11) is 8.37. The molecule has 0 bridgehead atoms. The standard InChI is InChI=1S/C19H33N2Si.CH3.2ClH.Ti/c1-14(2)16-7-6-8-17-18(16)13-15(3)19(17)22(4,5)21-11-9-20-10-12-21;;;;/h6-8,14-15,17-19H,9-13H2,1-5H3;1H3;2*1H;/q2*-1;;;+2/p-2. The molecule has 1 saturated carbocycles. The number of halogens is 2. The molecule has 2 aliphatic carbocycles. The molecule has 1 aliphatic heterocycles. The summed E-state index contributed by atoms with van der Waals surface area (Å²) in [5.41, 5.74) is 2.61. The van der Waals surface area contributed by atoms with Crippen molar-refractivity contribution in [3.05, 3.63) is 36.5 Å². The van der Waals surface area contributed by atoms with E-state index in [9.17, 15) is 0 Å². The molecule has 4 unspecified atom stereocenters. The fraction of sp³-hybridized carbons (Fsp3) is 0.750. The van der Waals surface area contributed by atoms with Crippen molar-refractivity contribution in [2.75, 3.05) is 26.2 Å². The Hall–Kier alpha value is 0.911. The summed E-state index contributed by atoms with van der Waals surface area (Å²) in [6.45, 7) is 17.0. The molecule has 0 aromatic carbocycles. The molecule has 4 atom stereocenters. The van der Waals surface area contributed by atoms with Crippen molar-refractivity contribution in [1.82, 2.24) is 4.57 Å². The first-order chi connectivity index (χ1) is 11.8. The predicted octanol–water partition coefficient (Wildman–Crippen LogP) is 6.50. The Bertz CT molecular complexity index is 490. The van der Waals surface area contributed by atoms with Gasteiger partial charge in [0.2, 0.25) is 0 Å². The molecular formula is C20H36Cl2N2SiTi-2. The summed E-state index contributed by atoms with van der Waals surface area (Å²) >= 11 is -0.556. The Kier molecular flexibility index (Phi) is 10.7. The Morgan fingerprint density at radius 3 is 2.35 bits per heavy atom. The second kappa shape index (κ2) is 11.2. The summed E-state index contributed by atoms with van der Waals surface area (Å²) in [5, 5.41) is 4.56. The molecule has 1 saturated heterocycles. The van der Waals surface area contributed by atoms with Crippen molar-refractivity contribution in [2.45, 2.75) is 45.8 Å². The SMILES string of the molecule is CC(C)C1=CC=CC2C1CC(C)C2[Si](C)(C)N1CC[N-]CC1.[CH3-].[Cl][Ti][Cl]. The maximum absolute atomic E-state index is 4.89. The molecule has 1 heterocycles. The third kappa shape index (κ3) is 5.50. The summed E-state index contributed by atoms with van der Waals surface area (Å²) in [5.74, 6) is 3.16. The number of fused-ring (bicyclic) bond motifs is 1. The molecule has 0 aromatic heterocycles. The minimum atomic E-state index is -1.41. The molecule has 0 aromatic rings. The average molecular weight is 451 g/mol. The Morgan fingerprint density at radius 2 is 1.81 bits per heavy atom. The fourth-order valence-electron chi connectivity index (χ4n) is 5.55.